The zero-order valence-corrected chi connectivity index (χ0v) is 9.19. The lowest BCUT2D eigenvalue weighted by Gasteiger charge is -2.01. The van der Waals surface area contributed by atoms with E-state index in [1.165, 1.54) is 7.11 Å². The largest absolute Gasteiger partial charge is 0.469 e. The molecule has 0 atom stereocenters. The number of methoxy groups -OCH3 is 1. The third kappa shape index (κ3) is 4.06. The van der Waals surface area contributed by atoms with E-state index in [2.05, 4.69) is 21.6 Å². The number of hydrogen-bond donors (Lipinski definition) is 0. The number of ether oxygens (including phenoxy) is 1. The van der Waals surface area contributed by atoms with Gasteiger partial charge in [-0.25, -0.2) is 9.97 Å². The molecule has 1 heterocycles. The van der Waals surface area contributed by atoms with Crippen LogP contribution in [0.5, 0.6) is 0 Å². The monoisotopic (exact) mass is 208 g/mol. The zero-order valence-electron chi connectivity index (χ0n) is 9.19. The molecule has 82 valence electrons. The molecule has 4 nitrogen and oxygen atoms in total. The van der Waals surface area contributed by atoms with Gasteiger partial charge < -0.3 is 4.74 Å². The number of nitrogens with zero attached hydrogens (tertiary/aromatic N) is 2. The highest BCUT2D eigenvalue weighted by molar-refractivity contribution is 5.69. The van der Waals surface area contributed by atoms with E-state index in [4.69, 9.17) is 0 Å². The van der Waals surface area contributed by atoms with E-state index in [0.717, 1.165) is 18.5 Å². The minimum atomic E-state index is -0.223. The highest BCUT2D eigenvalue weighted by Crippen LogP contribution is 2.02. The molecule has 1 aromatic rings. The quantitative estimate of drug-likeness (QED) is 0.689. The Morgan fingerprint density at radius 2 is 2.27 bits per heavy atom. The van der Waals surface area contributed by atoms with Crippen LogP contribution in [0.1, 0.15) is 31.3 Å². The molecule has 0 fully saturated rings. The van der Waals surface area contributed by atoms with Gasteiger partial charge >= 0.3 is 5.97 Å². The molecule has 1 aromatic heterocycles. The van der Waals surface area contributed by atoms with Gasteiger partial charge in [0.15, 0.2) is 0 Å². The van der Waals surface area contributed by atoms with E-state index in [9.17, 15) is 4.79 Å². The molecular formula is C11H16N2O2. The summed E-state index contributed by atoms with van der Waals surface area (Å²) in [6.45, 7) is 2.11. The lowest BCUT2D eigenvalue weighted by molar-refractivity contribution is -0.140. The van der Waals surface area contributed by atoms with Crippen LogP contribution in [-0.4, -0.2) is 23.0 Å². The van der Waals surface area contributed by atoms with Gasteiger partial charge in [-0.3, -0.25) is 4.79 Å². The molecule has 0 bridgehead atoms. The van der Waals surface area contributed by atoms with Crippen molar-refractivity contribution in [2.75, 3.05) is 7.11 Å². The summed E-state index contributed by atoms with van der Waals surface area (Å²) >= 11 is 0. The van der Waals surface area contributed by atoms with E-state index in [1.54, 1.807) is 6.20 Å². The Kier molecular flexibility index (Phi) is 4.74. The van der Waals surface area contributed by atoms with Crippen LogP contribution in [0.25, 0.3) is 0 Å². The van der Waals surface area contributed by atoms with Crippen molar-refractivity contribution < 1.29 is 9.53 Å². The third-order valence-electron chi connectivity index (χ3n) is 2.05. The van der Waals surface area contributed by atoms with Crippen molar-refractivity contribution in [2.24, 2.45) is 0 Å². The molecule has 0 N–H and O–H groups in total. The minimum Gasteiger partial charge on any atom is -0.469 e. The maximum atomic E-state index is 10.9. The first-order valence-electron chi connectivity index (χ1n) is 5.14. The second kappa shape index (κ2) is 6.11. The molecule has 0 aliphatic heterocycles. The fraction of sp³-hybridized carbons (Fsp3) is 0.545. The third-order valence-corrected chi connectivity index (χ3v) is 2.05. The maximum Gasteiger partial charge on any atom is 0.305 e. The summed E-state index contributed by atoms with van der Waals surface area (Å²) < 4.78 is 4.56. The summed E-state index contributed by atoms with van der Waals surface area (Å²) in [5.74, 6) is 0.492. The van der Waals surface area contributed by atoms with Crippen molar-refractivity contribution >= 4 is 5.97 Å². The summed E-state index contributed by atoms with van der Waals surface area (Å²) in [6.07, 6.45) is 4.64. The Bertz CT molecular complexity index is 326. The molecule has 0 saturated carbocycles. The van der Waals surface area contributed by atoms with E-state index in [-0.39, 0.29) is 5.97 Å². The summed E-state index contributed by atoms with van der Waals surface area (Å²) in [7, 11) is 1.39. The van der Waals surface area contributed by atoms with Gasteiger partial charge in [-0.2, -0.15) is 0 Å². The van der Waals surface area contributed by atoms with Crippen LogP contribution in [0.4, 0.5) is 0 Å². The average Bonchev–Trinajstić information content (AvgIpc) is 2.27. The number of carbonyl (C=O) groups is 1. The highest BCUT2D eigenvalue weighted by atomic mass is 16.5. The first-order chi connectivity index (χ1) is 7.26. The molecule has 0 aromatic carbocycles. The fourth-order valence-corrected chi connectivity index (χ4v) is 1.27. The number of aryl methyl sites for hydroxylation is 2. The van der Waals surface area contributed by atoms with Crippen molar-refractivity contribution in [3.63, 3.8) is 0 Å². The van der Waals surface area contributed by atoms with Crippen molar-refractivity contribution in [1.82, 2.24) is 9.97 Å². The molecular weight excluding hydrogens is 192 g/mol. The molecule has 0 radical (unpaired) electrons. The van der Waals surface area contributed by atoms with Gasteiger partial charge in [0.25, 0.3) is 0 Å². The van der Waals surface area contributed by atoms with E-state index < -0.39 is 0 Å². The van der Waals surface area contributed by atoms with Crippen molar-refractivity contribution in [1.29, 1.82) is 0 Å². The normalized spacial score (nSPS) is 10.0. The van der Waals surface area contributed by atoms with Gasteiger partial charge in [0.05, 0.1) is 13.5 Å². The minimum absolute atomic E-state index is 0.223. The fourth-order valence-electron chi connectivity index (χ4n) is 1.27. The number of rotatable bonds is 5. The molecule has 0 saturated heterocycles. The van der Waals surface area contributed by atoms with Gasteiger partial charge in [0.2, 0.25) is 0 Å². The van der Waals surface area contributed by atoms with Crippen LogP contribution in [0, 0.1) is 0 Å². The highest BCUT2D eigenvalue weighted by Gasteiger charge is 2.04. The zero-order chi connectivity index (χ0) is 11.1. The Hall–Kier alpha value is -1.45. The molecule has 0 amide bonds. The number of esters is 1. The molecule has 0 spiro atoms. The van der Waals surface area contributed by atoms with Gasteiger partial charge in [-0.15, -0.1) is 0 Å². The summed E-state index contributed by atoms with van der Waals surface area (Å²) in [5, 5.41) is 0. The topological polar surface area (TPSA) is 52.1 Å². The maximum absolute atomic E-state index is 10.9. The Morgan fingerprint density at radius 1 is 1.47 bits per heavy atom. The predicted molar refractivity (Wildman–Crippen MR) is 56.4 cm³/mol. The van der Waals surface area contributed by atoms with Gasteiger partial charge in [-0.1, -0.05) is 13.3 Å². The smallest absolute Gasteiger partial charge is 0.305 e. The number of aromatic nitrogens is 2. The van der Waals surface area contributed by atoms with Crippen LogP contribution in [0.3, 0.4) is 0 Å². The van der Waals surface area contributed by atoms with E-state index in [0.29, 0.717) is 18.7 Å². The van der Waals surface area contributed by atoms with Gasteiger partial charge in [0.1, 0.15) is 5.82 Å². The van der Waals surface area contributed by atoms with Crippen LogP contribution < -0.4 is 0 Å². The Morgan fingerprint density at radius 3 is 2.93 bits per heavy atom. The first kappa shape index (κ1) is 11.6. The molecule has 0 aliphatic carbocycles. The van der Waals surface area contributed by atoms with Crippen LogP contribution in [0.15, 0.2) is 12.3 Å². The summed E-state index contributed by atoms with van der Waals surface area (Å²) in [6, 6.07) is 1.91. The van der Waals surface area contributed by atoms with Crippen LogP contribution in [0.2, 0.25) is 0 Å². The molecule has 0 aliphatic rings. The van der Waals surface area contributed by atoms with E-state index >= 15 is 0 Å². The second-order valence-corrected chi connectivity index (χ2v) is 3.29. The first-order valence-corrected chi connectivity index (χ1v) is 5.14. The van der Waals surface area contributed by atoms with Gasteiger partial charge in [-0.05, 0) is 12.5 Å². The van der Waals surface area contributed by atoms with Crippen molar-refractivity contribution in [2.45, 2.75) is 32.6 Å². The van der Waals surface area contributed by atoms with Crippen molar-refractivity contribution in [3.05, 3.63) is 23.8 Å². The van der Waals surface area contributed by atoms with Gasteiger partial charge in [0, 0.05) is 18.3 Å². The molecule has 4 heteroatoms. The standard InChI is InChI=1S/C11H16N2O2/c1-3-4-9-7-8-12-10(13-9)5-6-11(14)15-2/h7-8H,3-6H2,1-2H3. The average molecular weight is 208 g/mol. The summed E-state index contributed by atoms with van der Waals surface area (Å²) in [5.41, 5.74) is 1.03. The molecule has 0 unspecified atom stereocenters. The predicted octanol–water partition coefficient (Wildman–Crippen LogP) is 1.53. The number of carbonyl (C=O) groups excluding carboxylic acids is 1. The lowest BCUT2D eigenvalue weighted by atomic mass is 10.2. The second-order valence-electron chi connectivity index (χ2n) is 3.29. The van der Waals surface area contributed by atoms with E-state index in [1.807, 2.05) is 6.07 Å². The molecule has 1 rings (SSSR count). The molecule has 15 heavy (non-hydrogen) atoms. The van der Waals surface area contributed by atoms with Crippen molar-refractivity contribution in [3.8, 4) is 0 Å². The van der Waals surface area contributed by atoms with Crippen LogP contribution >= 0.6 is 0 Å². The Balaban J connectivity index is 2.53. The SMILES string of the molecule is CCCc1ccnc(CCC(=O)OC)n1. The lowest BCUT2D eigenvalue weighted by Crippen LogP contribution is -2.05. The number of hydrogen-bond acceptors (Lipinski definition) is 4. The van der Waals surface area contributed by atoms with Crippen LogP contribution in [-0.2, 0) is 22.4 Å². The summed E-state index contributed by atoms with van der Waals surface area (Å²) in [4.78, 5) is 19.4. The Labute approximate surface area is 89.7 Å².